The Morgan fingerprint density at radius 3 is 2.59 bits per heavy atom. The van der Waals surface area contributed by atoms with Crippen LogP contribution in [-0.2, 0) is 11.2 Å². The molecule has 0 aliphatic heterocycles. The molecule has 1 aliphatic carbocycles. The van der Waals surface area contributed by atoms with Crippen LogP contribution in [0.15, 0.2) is 18.3 Å². The molecule has 0 radical (unpaired) electrons. The standard InChI is InChI=1S/C23H31N5O4/c1-22(2,3)27-18(30)12-28(6)21-19-15(7-8-17(19)29)25-20(26-21)16-11-14(9-10-24-16)32-13-23(4,5)31/h9-11,31H,7-8,12-13H2,1-6H3,(H,27,30). The summed E-state index contributed by atoms with van der Waals surface area (Å²) in [4.78, 5) is 40.2. The third-order valence-corrected chi connectivity index (χ3v) is 4.64. The van der Waals surface area contributed by atoms with Gasteiger partial charge in [-0.1, -0.05) is 0 Å². The minimum atomic E-state index is -0.975. The number of hydrogen-bond acceptors (Lipinski definition) is 8. The number of nitrogens with zero attached hydrogens (tertiary/aromatic N) is 4. The molecule has 0 bridgehead atoms. The molecule has 2 aromatic heterocycles. The largest absolute Gasteiger partial charge is 0.490 e. The molecule has 1 amide bonds. The number of fused-ring (bicyclic) bond motifs is 1. The lowest BCUT2D eigenvalue weighted by molar-refractivity contribution is -0.121. The van der Waals surface area contributed by atoms with E-state index < -0.39 is 5.60 Å². The lowest BCUT2D eigenvalue weighted by Gasteiger charge is -2.25. The predicted octanol–water partition coefficient (Wildman–Crippen LogP) is 2.17. The van der Waals surface area contributed by atoms with E-state index >= 15 is 0 Å². The maximum atomic E-state index is 12.5. The minimum absolute atomic E-state index is 0.0279. The third kappa shape index (κ3) is 6.00. The SMILES string of the molecule is CN(CC(=O)NC(C)(C)C)c1nc(-c2cc(OCC(C)(C)O)ccn2)nc2c1C(=O)CC2. The molecule has 0 saturated heterocycles. The maximum Gasteiger partial charge on any atom is 0.239 e. The van der Waals surface area contributed by atoms with E-state index in [4.69, 9.17) is 4.74 Å². The number of ketones is 1. The van der Waals surface area contributed by atoms with Crippen molar-refractivity contribution in [3.8, 4) is 17.3 Å². The highest BCUT2D eigenvalue weighted by Crippen LogP contribution is 2.31. The van der Waals surface area contributed by atoms with Crippen LogP contribution in [0.25, 0.3) is 11.5 Å². The van der Waals surface area contributed by atoms with Crippen LogP contribution in [0.2, 0.25) is 0 Å². The van der Waals surface area contributed by atoms with Crippen LogP contribution in [-0.4, -0.2) is 63.1 Å². The summed E-state index contributed by atoms with van der Waals surface area (Å²) in [6, 6.07) is 3.39. The number of anilines is 1. The zero-order chi connectivity index (χ0) is 23.7. The Bertz CT molecular complexity index is 1020. The summed E-state index contributed by atoms with van der Waals surface area (Å²) in [6.45, 7) is 9.22. The number of Topliss-reactive ketones (excluding diaryl/α,β-unsaturated/α-hetero) is 1. The van der Waals surface area contributed by atoms with Gasteiger partial charge in [-0.2, -0.15) is 0 Å². The third-order valence-electron chi connectivity index (χ3n) is 4.64. The topological polar surface area (TPSA) is 118 Å². The van der Waals surface area contributed by atoms with Crippen molar-refractivity contribution in [2.24, 2.45) is 0 Å². The number of aromatic nitrogens is 3. The lowest BCUT2D eigenvalue weighted by atomic mass is 10.1. The smallest absolute Gasteiger partial charge is 0.239 e. The van der Waals surface area contributed by atoms with Gasteiger partial charge in [0, 0.05) is 31.3 Å². The zero-order valence-electron chi connectivity index (χ0n) is 19.5. The van der Waals surface area contributed by atoms with Crippen molar-refractivity contribution in [2.75, 3.05) is 25.1 Å². The highest BCUT2D eigenvalue weighted by atomic mass is 16.5. The van der Waals surface area contributed by atoms with Gasteiger partial charge >= 0.3 is 0 Å². The second-order valence-corrected chi connectivity index (χ2v) is 9.75. The van der Waals surface area contributed by atoms with Gasteiger partial charge in [0.05, 0.1) is 23.4 Å². The first-order valence-electron chi connectivity index (χ1n) is 10.6. The summed E-state index contributed by atoms with van der Waals surface area (Å²) in [5.41, 5.74) is 0.267. The average molecular weight is 442 g/mol. The van der Waals surface area contributed by atoms with Crippen LogP contribution in [0.4, 0.5) is 5.82 Å². The van der Waals surface area contributed by atoms with E-state index in [1.807, 2.05) is 20.8 Å². The van der Waals surface area contributed by atoms with E-state index in [1.165, 1.54) is 0 Å². The Labute approximate surface area is 188 Å². The van der Waals surface area contributed by atoms with Crippen molar-refractivity contribution in [3.05, 3.63) is 29.6 Å². The van der Waals surface area contributed by atoms with Crippen molar-refractivity contribution in [1.29, 1.82) is 0 Å². The molecule has 0 unspecified atom stereocenters. The van der Waals surface area contributed by atoms with E-state index in [0.717, 1.165) is 0 Å². The van der Waals surface area contributed by atoms with Gasteiger partial charge in [-0.3, -0.25) is 14.6 Å². The predicted molar refractivity (Wildman–Crippen MR) is 121 cm³/mol. The molecule has 0 saturated carbocycles. The first kappa shape index (κ1) is 23.6. The molecule has 0 atom stereocenters. The van der Waals surface area contributed by atoms with Crippen molar-refractivity contribution in [1.82, 2.24) is 20.3 Å². The number of aryl methyl sites for hydroxylation is 1. The van der Waals surface area contributed by atoms with Gasteiger partial charge in [0.15, 0.2) is 11.6 Å². The number of pyridine rings is 1. The number of likely N-dealkylation sites (N-methyl/N-ethyl adjacent to an activating group) is 1. The molecule has 1 aliphatic rings. The molecule has 2 aromatic rings. The molecule has 3 rings (SSSR count). The Morgan fingerprint density at radius 1 is 1.22 bits per heavy atom. The zero-order valence-corrected chi connectivity index (χ0v) is 19.5. The fraction of sp³-hybridized carbons (Fsp3) is 0.522. The second kappa shape index (κ2) is 8.82. The molecular weight excluding hydrogens is 410 g/mol. The lowest BCUT2D eigenvalue weighted by Crippen LogP contribution is -2.45. The molecule has 9 nitrogen and oxygen atoms in total. The normalized spacial score (nSPS) is 13.7. The summed E-state index contributed by atoms with van der Waals surface area (Å²) >= 11 is 0. The molecule has 0 aromatic carbocycles. The molecule has 172 valence electrons. The molecule has 0 fully saturated rings. The van der Waals surface area contributed by atoms with Crippen molar-refractivity contribution < 1.29 is 19.4 Å². The van der Waals surface area contributed by atoms with E-state index in [2.05, 4.69) is 20.3 Å². The van der Waals surface area contributed by atoms with E-state index in [0.29, 0.717) is 47.2 Å². The fourth-order valence-corrected chi connectivity index (χ4v) is 3.34. The summed E-state index contributed by atoms with van der Waals surface area (Å²) in [5, 5.41) is 12.8. The summed E-state index contributed by atoms with van der Waals surface area (Å²) in [5.74, 6) is 1.10. The molecule has 9 heteroatoms. The molecular formula is C23H31N5O4. The van der Waals surface area contributed by atoms with E-state index in [1.54, 1.807) is 44.1 Å². The van der Waals surface area contributed by atoms with Gasteiger partial charge in [-0.15, -0.1) is 0 Å². The van der Waals surface area contributed by atoms with Crippen LogP contribution < -0.4 is 15.0 Å². The summed E-state index contributed by atoms with van der Waals surface area (Å²) in [7, 11) is 1.73. The van der Waals surface area contributed by atoms with E-state index in [-0.39, 0.29) is 30.4 Å². The van der Waals surface area contributed by atoms with Gasteiger partial charge in [-0.05, 0) is 47.1 Å². The monoisotopic (exact) mass is 441 g/mol. The molecule has 2 N–H and O–H groups in total. The Morgan fingerprint density at radius 2 is 1.94 bits per heavy atom. The maximum absolute atomic E-state index is 12.5. The first-order chi connectivity index (χ1) is 14.8. The first-order valence-corrected chi connectivity index (χ1v) is 10.6. The number of nitrogens with one attached hydrogen (secondary N) is 1. The number of carbonyl (C=O) groups excluding carboxylic acids is 2. The number of carbonyl (C=O) groups is 2. The molecule has 2 heterocycles. The summed E-state index contributed by atoms with van der Waals surface area (Å²) < 4.78 is 5.66. The van der Waals surface area contributed by atoms with Crippen LogP contribution >= 0.6 is 0 Å². The highest BCUT2D eigenvalue weighted by molar-refractivity contribution is 6.04. The quantitative estimate of drug-likeness (QED) is 0.671. The Kier molecular flexibility index (Phi) is 6.50. The molecule has 32 heavy (non-hydrogen) atoms. The second-order valence-electron chi connectivity index (χ2n) is 9.75. The Hall–Kier alpha value is -3.07. The number of rotatable bonds is 7. The van der Waals surface area contributed by atoms with Gasteiger partial charge in [0.1, 0.15) is 23.9 Å². The van der Waals surface area contributed by atoms with Crippen molar-refractivity contribution >= 4 is 17.5 Å². The molecule has 0 spiro atoms. The van der Waals surface area contributed by atoms with Crippen molar-refractivity contribution in [2.45, 2.75) is 58.6 Å². The van der Waals surface area contributed by atoms with Crippen LogP contribution in [0.1, 0.15) is 57.1 Å². The van der Waals surface area contributed by atoms with Gasteiger partial charge < -0.3 is 20.1 Å². The number of hydrogen-bond donors (Lipinski definition) is 2. The van der Waals surface area contributed by atoms with Gasteiger partial charge in [-0.25, -0.2) is 9.97 Å². The van der Waals surface area contributed by atoms with E-state index in [9.17, 15) is 14.7 Å². The van der Waals surface area contributed by atoms with Crippen LogP contribution in [0, 0.1) is 0 Å². The van der Waals surface area contributed by atoms with Crippen LogP contribution in [0.3, 0.4) is 0 Å². The minimum Gasteiger partial charge on any atom is -0.490 e. The average Bonchev–Trinajstić information content (AvgIpc) is 3.05. The van der Waals surface area contributed by atoms with Gasteiger partial charge in [0.2, 0.25) is 5.91 Å². The summed E-state index contributed by atoms with van der Waals surface area (Å²) in [6.07, 6.45) is 2.47. The number of aliphatic hydroxyl groups is 1. The van der Waals surface area contributed by atoms with Crippen LogP contribution in [0.5, 0.6) is 5.75 Å². The fourth-order valence-electron chi connectivity index (χ4n) is 3.34. The van der Waals surface area contributed by atoms with Gasteiger partial charge in [0.25, 0.3) is 0 Å². The highest BCUT2D eigenvalue weighted by Gasteiger charge is 2.30. The number of amides is 1. The van der Waals surface area contributed by atoms with Crippen molar-refractivity contribution in [3.63, 3.8) is 0 Å². The number of ether oxygens (including phenoxy) is 1. The Balaban J connectivity index is 1.93.